The van der Waals surface area contributed by atoms with Crippen molar-refractivity contribution in [2.75, 3.05) is 13.2 Å². The zero-order valence-electron chi connectivity index (χ0n) is 31.4. The van der Waals surface area contributed by atoms with E-state index < -0.39 is 40.6 Å². The van der Waals surface area contributed by atoms with Crippen LogP contribution in [0.25, 0.3) is 10.9 Å². The standard InChI is InChI=1S/C41H63N3O6/c1-7-8-9-10-11-12-13-14-15-16-17-18-19-20-21-26-35(45)44-31(2)41(38(47)48,27-32-28-42-34-25-23-22-24-33(32)34)29-43-37(46)36-39(3,4)30-49-40(5,6)50-36/h11-12,14-15,22-25,28,31,36,42H,7-10,13,16-21,26-27,29-30H2,1-6H3,(H,43,46)(H,44,45)(H,47,48)/b12-11-,15-14-. The number of aliphatic carboxylic acids is 1. The molecular weight excluding hydrogens is 630 g/mol. The molecule has 50 heavy (non-hydrogen) atoms. The molecule has 1 fully saturated rings. The van der Waals surface area contributed by atoms with Crippen LogP contribution in [-0.2, 0) is 30.3 Å². The van der Waals surface area contributed by atoms with Crippen molar-refractivity contribution >= 4 is 28.7 Å². The van der Waals surface area contributed by atoms with Crippen molar-refractivity contribution in [2.24, 2.45) is 10.8 Å². The Labute approximate surface area is 300 Å². The Morgan fingerprint density at radius 2 is 1.64 bits per heavy atom. The van der Waals surface area contributed by atoms with Crippen molar-refractivity contribution in [3.63, 3.8) is 0 Å². The van der Waals surface area contributed by atoms with Crippen molar-refractivity contribution in [3.8, 4) is 0 Å². The van der Waals surface area contributed by atoms with Gasteiger partial charge in [0.05, 0.1) is 6.61 Å². The molecular formula is C41H63N3O6. The molecule has 2 aromatic rings. The summed E-state index contributed by atoms with van der Waals surface area (Å²) in [5.41, 5.74) is -0.456. The predicted molar refractivity (Wildman–Crippen MR) is 201 cm³/mol. The molecule has 278 valence electrons. The fourth-order valence-corrected chi connectivity index (χ4v) is 6.53. The SMILES string of the molecule is CCCCC/C=C\C/C=C\CCCCCCCC(=O)NC(C)C(CNC(=O)C1OC(C)(C)OCC1(C)C)(Cc1c[nH]c2ccccc12)C(=O)O. The summed E-state index contributed by atoms with van der Waals surface area (Å²) in [6, 6.07) is 6.93. The first-order valence-corrected chi connectivity index (χ1v) is 18.8. The third-order valence-electron chi connectivity index (χ3n) is 9.89. The van der Waals surface area contributed by atoms with Gasteiger partial charge in [0.25, 0.3) is 0 Å². The second kappa shape index (κ2) is 19.8. The second-order valence-electron chi connectivity index (χ2n) is 15.2. The van der Waals surface area contributed by atoms with Gasteiger partial charge in [0.1, 0.15) is 11.5 Å². The van der Waals surface area contributed by atoms with E-state index in [2.05, 4.69) is 46.8 Å². The third-order valence-corrected chi connectivity index (χ3v) is 9.89. The van der Waals surface area contributed by atoms with Gasteiger partial charge in [-0.1, -0.05) is 95.4 Å². The fraction of sp³-hybridized carbons (Fsp3) is 0.634. The number of para-hydroxylation sites is 1. The van der Waals surface area contributed by atoms with E-state index in [0.717, 1.165) is 61.4 Å². The fourth-order valence-electron chi connectivity index (χ4n) is 6.53. The lowest BCUT2D eigenvalue weighted by Gasteiger charge is -2.45. The van der Waals surface area contributed by atoms with E-state index >= 15 is 0 Å². The zero-order chi connectivity index (χ0) is 36.6. The second-order valence-corrected chi connectivity index (χ2v) is 15.2. The average molecular weight is 694 g/mol. The minimum atomic E-state index is -1.53. The lowest BCUT2D eigenvalue weighted by atomic mass is 9.75. The summed E-state index contributed by atoms with van der Waals surface area (Å²) < 4.78 is 11.8. The van der Waals surface area contributed by atoms with Crippen LogP contribution in [0.4, 0.5) is 0 Å². The Bertz CT molecular complexity index is 1430. The lowest BCUT2D eigenvalue weighted by Crippen LogP contribution is -2.61. The van der Waals surface area contributed by atoms with Crippen LogP contribution in [-0.4, -0.2) is 59.0 Å². The Balaban J connectivity index is 1.57. The quantitative estimate of drug-likeness (QED) is 0.0724. The Morgan fingerprint density at radius 1 is 0.980 bits per heavy atom. The van der Waals surface area contributed by atoms with Crippen molar-refractivity contribution in [1.29, 1.82) is 0 Å². The van der Waals surface area contributed by atoms with Gasteiger partial charge in [-0.15, -0.1) is 0 Å². The number of aromatic amines is 1. The van der Waals surface area contributed by atoms with Gasteiger partial charge in [0, 0.05) is 41.5 Å². The molecule has 2 amide bonds. The minimum Gasteiger partial charge on any atom is -0.481 e. The Morgan fingerprint density at radius 3 is 2.34 bits per heavy atom. The molecule has 1 aromatic heterocycles. The zero-order valence-corrected chi connectivity index (χ0v) is 31.4. The predicted octanol–water partition coefficient (Wildman–Crippen LogP) is 8.39. The third kappa shape index (κ3) is 12.4. The van der Waals surface area contributed by atoms with Gasteiger partial charge >= 0.3 is 5.97 Å². The summed E-state index contributed by atoms with van der Waals surface area (Å²) in [7, 11) is 0. The normalized spacial score (nSPS) is 19.0. The van der Waals surface area contributed by atoms with E-state index in [0.29, 0.717) is 13.0 Å². The molecule has 3 unspecified atom stereocenters. The van der Waals surface area contributed by atoms with Gasteiger partial charge in [-0.3, -0.25) is 14.4 Å². The monoisotopic (exact) mass is 693 g/mol. The molecule has 4 N–H and O–H groups in total. The first-order chi connectivity index (χ1) is 23.8. The molecule has 1 saturated heterocycles. The molecule has 1 aliphatic rings. The number of hydrogen-bond donors (Lipinski definition) is 4. The van der Waals surface area contributed by atoms with Crippen LogP contribution in [0.2, 0.25) is 0 Å². The van der Waals surface area contributed by atoms with E-state index in [1.54, 1.807) is 20.8 Å². The highest BCUT2D eigenvalue weighted by atomic mass is 16.7. The number of ether oxygens (including phenoxy) is 2. The van der Waals surface area contributed by atoms with E-state index in [-0.39, 0.29) is 18.9 Å². The minimum absolute atomic E-state index is 0.0985. The molecule has 0 saturated carbocycles. The molecule has 3 rings (SSSR count). The van der Waals surface area contributed by atoms with Gasteiger partial charge < -0.3 is 30.2 Å². The summed E-state index contributed by atoms with van der Waals surface area (Å²) in [6.45, 7) is 11.4. The molecule has 2 heterocycles. The number of aromatic nitrogens is 1. The number of unbranched alkanes of at least 4 members (excludes halogenated alkanes) is 8. The van der Waals surface area contributed by atoms with Crippen molar-refractivity contribution in [2.45, 2.75) is 143 Å². The van der Waals surface area contributed by atoms with E-state index in [4.69, 9.17) is 9.47 Å². The van der Waals surface area contributed by atoms with Crippen molar-refractivity contribution < 1.29 is 29.0 Å². The average Bonchev–Trinajstić information content (AvgIpc) is 3.48. The number of H-pyrrole nitrogens is 1. The first kappa shape index (κ1) is 41.0. The van der Waals surface area contributed by atoms with Gasteiger partial charge in [0.2, 0.25) is 11.8 Å². The molecule has 0 bridgehead atoms. The summed E-state index contributed by atoms with van der Waals surface area (Å²) >= 11 is 0. The lowest BCUT2D eigenvalue weighted by molar-refractivity contribution is -0.304. The number of hydrogen-bond acceptors (Lipinski definition) is 5. The van der Waals surface area contributed by atoms with Gasteiger partial charge in [-0.05, 0) is 77.3 Å². The summed E-state index contributed by atoms with van der Waals surface area (Å²) in [5, 5.41) is 17.6. The number of rotatable bonds is 22. The van der Waals surface area contributed by atoms with E-state index in [9.17, 15) is 19.5 Å². The number of carboxylic acids is 1. The van der Waals surface area contributed by atoms with Crippen LogP contribution >= 0.6 is 0 Å². The maximum atomic E-state index is 13.6. The molecule has 1 aromatic carbocycles. The summed E-state index contributed by atoms with van der Waals surface area (Å²) in [5.74, 6) is -2.64. The van der Waals surface area contributed by atoms with Crippen molar-refractivity contribution in [1.82, 2.24) is 15.6 Å². The largest absolute Gasteiger partial charge is 0.481 e. The number of carboxylic acid groups (broad SMARTS) is 1. The number of benzene rings is 1. The van der Waals surface area contributed by atoms with Gasteiger partial charge in [0.15, 0.2) is 5.79 Å². The highest BCUT2D eigenvalue weighted by molar-refractivity contribution is 5.87. The van der Waals surface area contributed by atoms with Gasteiger partial charge in [-0.2, -0.15) is 0 Å². The van der Waals surface area contributed by atoms with E-state index in [1.165, 1.54) is 25.7 Å². The maximum Gasteiger partial charge on any atom is 0.313 e. The van der Waals surface area contributed by atoms with Crippen LogP contribution in [0.15, 0.2) is 54.8 Å². The number of allylic oxidation sites excluding steroid dienone is 4. The maximum absolute atomic E-state index is 13.6. The molecule has 0 spiro atoms. The van der Waals surface area contributed by atoms with Crippen LogP contribution in [0.3, 0.4) is 0 Å². The van der Waals surface area contributed by atoms with Crippen LogP contribution in [0.5, 0.6) is 0 Å². The molecule has 9 heteroatoms. The molecule has 3 atom stereocenters. The highest BCUT2D eigenvalue weighted by Crippen LogP contribution is 2.36. The first-order valence-electron chi connectivity index (χ1n) is 18.8. The summed E-state index contributed by atoms with van der Waals surface area (Å²) in [4.78, 5) is 43.3. The number of carbonyl (C=O) groups excluding carboxylic acids is 2. The molecule has 0 aliphatic carbocycles. The Hall–Kier alpha value is -3.43. The number of fused-ring (bicyclic) bond motifs is 1. The molecule has 1 aliphatic heterocycles. The molecule has 0 radical (unpaired) electrons. The van der Waals surface area contributed by atoms with Crippen LogP contribution in [0, 0.1) is 10.8 Å². The van der Waals surface area contributed by atoms with Gasteiger partial charge in [-0.25, -0.2) is 0 Å². The topological polar surface area (TPSA) is 130 Å². The highest BCUT2D eigenvalue weighted by Gasteiger charge is 2.49. The van der Waals surface area contributed by atoms with E-state index in [1.807, 2.05) is 44.3 Å². The Kier molecular flexibility index (Phi) is 16.3. The van der Waals surface area contributed by atoms with Crippen LogP contribution in [0.1, 0.15) is 124 Å². The number of carbonyl (C=O) groups is 3. The summed E-state index contributed by atoms with van der Waals surface area (Å²) in [6.07, 6.45) is 22.5. The number of amides is 2. The van der Waals surface area contributed by atoms with Crippen LogP contribution < -0.4 is 10.6 Å². The molecule has 9 nitrogen and oxygen atoms in total. The number of nitrogens with one attached hydrogen (secondary N) is 3. The van der Waals surface area contributed by atoms with Crippen molar-refractivity contribution in [3.05, 3.63) is 60.3 Å². The smallest absolute Gasteiger partial charge is 0.313 e.